The van der Waals surface area contributed by atoms with Gasteiger partial charge < -0.3 is 10.6 Å². The highest BCUT2D eigenvalue weighted by Crippen LogP contribution is 2.25. The van der Waals surface area contributed by atoms with Gasteiger partial charge in [-0.05, 0) is 0 Å². The molecule has 0 aliphatic carbocycles. The highest BCUT2D eigenvalue weighted by Gasteiger charge is 2.26. The molecule has 3 heterocycles. The maximum absolute atomic E-state index is 4.41. The van der Waals surface area contributed by atoms with Crippen LogP contribution in [-0.4, -0.2) is 29.8 Å². The molecule has 0 saturated carbocycles. The summed E-state index contributed by atoms with van der Waals surface area (Å²) in [5.41, 5.74) is 4.07. The summed E-state index contributed by atoms with van der Waals surface area (Å²) in [5.74, 6) is 0.653. The summed E-state index contributed by atoms with van der Waals surface area (Å²) in [4.78, 5) is 0. The Balaban J connectivity index is 1.95. The van der Waals surface area contributed by atoms with E-state index in [2.05, 4.69) is 20.8 Å². The van der Waals surface area contributed by atoms with Crippen LogP contribution in [-0.2, 0) is 13.0 Å². The van der Waals surface area contributed by atoms with E-state index < -0.39 is 0 Å². The van der Waals surface area contributed by atoms with E-state index in [-0.39, 0.29) is 0 Å². The highest BCUT2D eigenvalue weighted by atomic mass is 15.1. The minimum Gasteiger partial charge on any atom is -0.315 e. The van der Waals surface area contributed by atoms with Crippen molar-refractivity contribution in [3.8, 4) is 0 Å². The van der Waals surface area contributed by atoms with Crippen LogP contribution in [0, 0.1) is 0 Å². The molecule has 2 aliphatic rings. The van der Waals surface area contributed by atoms with E-state index in [1.54, 1.807) is 0 Å². The molecule has 13 heavy (non-hydrogen) atoms. The Labute approximate surface area is 77.1 Å². The molecule has 1 saturated heterocycles. The van der Waals surface area contributed by atoms with Crippen molar-refractivity contribution < 1.29 is 0 Å². The summed E-state index contributed by atoms with van der Waals surface area (Å²) in [6.07, 6.45) is 1.10. The molecule has 0 atom stereocenters. The Hall–Kier alpha value is -0.870. The average molecular weight is 178 g/mol. The van der Waals surface area contributed by atoms with Gasteiger partial charge in [-0.3, -0.25) is 5.10 Å². The molecule has 0 radical (unpaired) electrons. The molecule has 0 spiro atoms. The summed E-state index contributed by atoms with van der Waals surface area (Å²) in [6, 6.07) is 0. The predicted octanol–water partition coefficient (Wildman–Crippen LogP) is -0.258. The first-order valence-corrected chi connectivity index (χ1v) is 4.92. The van der Waals surface area contributed by atoms with E-state index in [0.717, 1.165) is 32.6 Å². The lowest BCUT2D eigenvalue weighted by Crippen LogP contribution is -2.41. The van der Waals surface area contributed by atoms with Gasteiger partial charge in [0.25, 0.3) is 0 Å². The Morgan fingerprint density at radius 2 is 2.15 bits per heavy atom. The van der Waals surface area contributed by atoms with Gasteiger partial charge in [0.15, 0.2) is 0 Å². The van der Waals surface area contributed by atoms with Crippen LogP contribution in [0.25, 0.3) is 0 Å². The number of fused-ring (bicyclic) bond motifs is 1. The average Bonchev–Trinajstić information content (AvgIpc) is 2.47. The largest absolute Gasteiger partial charge is 0.315 e. The van der Waals surface area contributed by atoms with Gasteiger partial charge in [0.05, 0.1) is 5.69 Å². The zero-order valence-electron chi connectivity index (χ0n) is 7.56. The summed E-state index contributed by atoms with van der Waals surface area (Å²) < 4.78 is 0. The van der Waals surface area contributed by atoms with Crippen LogP contribution in [0.15, 0.2) is 0 Å². The van der Waals surface area contributed by atoms with Crippen LogP contribution < -0.4 is 10.6 Å². The summed E-state index contributed by atoms with van der Waals surface area (Å²) in [5, 5.41) is 14.2. The second-order valence-corrected chi connectivity index (χ2v) is 3.85. The maximum Gasteiger partial charge on any atom is 0.0726 e. The third kappa shape index (κ3) is 1.09. The van der Waals surface area contributed by atoms with E-state index >= 15 is 0 Å². The molecule has 4 heteroatoms. The lowest BCUT2D eigenvalue weighted by atomic mass is 9.93. The van der Waals surface area contributed by atoms with Gasteiger partial charge in [-0.25, -0.2) is 0 Å². The first kappa shape index (κ1) is 7.53. The summed E-state index contributed by atoms with van der Waals surface area (Å²) >= 11 is 0. The van der Waals surface area contributed by atoms with Gasteiger partial charge >= 0.3 is 0 Å². The number of nitrogens with zero attached hydrogens (tertiary/aromatic N) is 1. The van der Waals surface area contributed by atoms with Crippen LogP contribution in [0.2, 0.25) is 0 Å². The second kappa shape index (κ2) is 2.82. The van der Waals surface area contributed by atoms with E-state index in [0.29, 0.717) is 5.92 Å². The van der Waals surface area contributed by atoms with Crippen molar-refractivity contribution in [2.75, 3.05) is 19.6 Å². The Bertz CT molecular complexity index is 313. The SMILES string of the molecule is C1Cc2[nH]nc(C3CNC3)c2CN1. The fourth-order valence-corrected chi connectivity index (χ4v) is 2.07. The smallest absolute Gasteiger partial charge is 0.0726 e. The first-order chi connectivity index (χ1) is 6.45. The quantitative estimate of drug-likeness (QED) is 0.555. The van der Waals surface area contributed by atoms with Gasteiger partial charge in [-0.1, -0.05) is 0 Å². The summed E-state index contributed by atoms with van der Waals surface area (Å²) in [7, 11) is 0. The number of hydrogen-bond acceptors (Lipinski definition) is 3. The van der Waals surface area contributed by atoms with E-state index in [1.807, 2.05) is 0 Å². The van der Waals surface area contributed by atoms with Gasteiger partial charge in [-0.15, -0.1) is 0 Å². The van der Waals surface area contributed by atoms with Crippen LogP contribution in [0.4, 0.5) is 0 Å². The van der Waals surface area contributed by atoms with Gasteiger partial charge in [0.1, 0.15) is 0 Å². The Morgan fingerprint density at radius 1 is 1.23 bits per heavy atom. The molecule has 4 nitrogen and oxygen atoms in total. The number of H-pyrrole nitrogens is 1. The van der Waals surface area contributed by atoms with Crippen LogP contribution in [0.1, 0.15) is 22.9 Å². The lowest BCUT2D eigenvalue weighted by molar-refractivity contribution is 0.435. The van der Waals surface area contributed by atoms with Gasteiger partial charge in [0, 0.05) is 49.8 Å². The topological polar surface area (TPSA) is 52.7 Å². The molecule has 1 aromatic rings. The molecule has 0 aromatic carbocycles. The Kier molecular flexibility index (Phi) is 1.63. The highest BCUT2D eigenvalue weighted by molar-refractivity contribution is 5.31. The zero-order valence-corrected chi connectivity index (χ0v) is 7.56. The number of aromatic nitrogens is 2. The Morgan fingerprint density at radius 3 is 2.92 bits per heavy atom. The molecule has 3 rings (SSSR count). The second-order valence-electron chi connectivity index (χ2n) is 3.85. The third-order valence-electron chi connectivity index (χ3n) is 3.01. The van der Waals surface area contributed by atoms with Crippen molar-refractivity contribution >= 4 is 0 Å². The fraction of sp³-hybridized carbons (Fsp3) is 0.667. The first-order valence-electron chi connectivity index (χ1n) is 4.92. The molecule has 1 aromatic heterocycles. The minimum atomic E-state index is 0.653. The fourth-order valence-electron chi connectivity index (χ4n) is 2.07. The zero-order chi connectivity index (χ0) is 8.67. The molecule has 70 valence electrons. The number of rotatable bonds is 1. The monoisotopic (exact) mass is 178 g/mol. The normalized spacial score (nSPS) is 22.5. The van der Waals surface area contributed by atoms with Crippen LogP contribution >= 0.6 is 0 Å². The molecule has 1 fully saturated rings. The number of nitrogens with one attached hydrogen (secondary N) is 3. The molecule has 0 unspecified atom stereocenters. The third-order valence-corrected chi connectivity index (χ3v) is 3.01. The standard InChI is InChI=1S/C9H14N4/c1-2-10-5-7-8(1)12-13-9(7)6-3-11-4-6/h6,10-11H,1-5H2,(H,12,13). The van der Waals surface area contributed by atoms with Crippen molar-refractivity contribution in [1.82, 2.24) is 20.8 Å². The van der Waals surface area contributed by atoms with Crippen molar-refractivity contribution in [2.24, 2.45) is 0 Å². The predicted molar refractivity (Wildman–Crippen MR) is 49.6 cm³/mol. The van der Waals surface area contributed by atoms with E-state index in [4.69, 9.17) is 0 Å². The molecule has 3 N–H and O–H groups in total. The van der Waals surface area contributed by atoms with Gasteiger partial charge in [-0.2, -0.15) is 5.10 Å². The number of aromatic amines is 1. The van der Waals surface area contributed by atoms with E-state index in [9.17, 15) is 0 Å². The van der Waals surface area contributed by atoms with Crippen molar-refractivity contribution in [1.29, 1.82) is 0 Å². The molecule has 2 aliphatic heterocycles. The minimum absolute atomic E-state index is 0.653. The maximum atomic E-state index is 4.41. The molecular formula is C9H14N4. The summed E-state index contributed by atoms with van der Waals surface area (Å²) in [6.45, 7) is 4.27. The van der Waals surface area contributed by atoms with Crippen molar-refractivity contribution in [3.05, 3.63) is 17.0 Å². The van der Waals surface area contributed by atoms with Crippen molar-refractivity contribution in [3.63, 3.8) is 0 Å². The lowest BCUT2D eigenvalue weighted by Gasteiger charge is -2.27. The number of hydrogen-bond donors (Lipinski definition) is 3. The van der Waals surface area contributed by atoms with E-state index in [1.165, 1.54) is 17.0 Å². The molecule has 0 bridgehead atoms. The van der Waals surface area contributed by atoms with Crippen molar-refractivity contribution in [2.45, 2.75) is 18.9 Å². The van der Waals surface area contributed by atoms with Crippen LogP contribution in [0.3, 0.4) is 0 Å². The molecular weight excluding hydrogens is 164 g/mol. The van der Waals surface area contributed by atoms with Gasteiger partial charge in [0.2, 0.25) is 0 Å². The molecule has 0 amide bonds. The van der Waals surface area contributed by atoms with Crippen LogP contribution in [0.5, 0.6) is 0 Å².